The number of carbonyl (C=O) groups is 1. The predicted octanol–water partition coefficient (Wildman–Crippen LogP) is 3.11. The largest absolute Gasteiger partial charge is 0.468 e. The Labute approximate surface area is 113 Å². The number of esters is 1. The van der Waals surface area contributed by atoms with Gasteiger partial charge in [0.25, 0.3) is 0 Å². The highest BCUT2D eigenvalue weighted by molar-refractivity contribution is 7.12. The highest BCUT2D eigenvalue weighted by Gasteiger charge is 2.28. The van der Waals surface area contributed by atoms with Crippen LogP contribution in [0.2, 0.25) is 0 Å². The Morgan fingerprint density at radius 1 is 1.44 bits per heavy atom. The number of aryl methyl sites for hydroxylation is 2. The first kappa shape index (κ1) is 13.6. The first-order valence-corrected chi connectivity index (χ1v) is 7.34. The van der Waals surface area contributed by atoms with E-state index < -0.39 is 0 Å². The number of methoxy groups -OCH3 is 1. The smallest absolute Gasteiger partial charge is 0.327 e. The Balaban J connectivity index is 2.18. The van der Waals surface area contributed by atoms with Gasteiger partial charge in [0, 0.05) is 15.8 Å². The van der Waals surface area contributed by atoms with Gasteiger partial charge in [0.15, 0.2) is 0 Å². The van der Waals surface area contributed by atoms with Crippen LogP contribution < -0.4 is 5.32 Å². The molecule has 1 heterocycles. The van der Waals surface area contributed by atoms with Crippen molar-refractivity contribution < 1.29 is 9.53 Å². The molecule has 2 rings (SSSR count). The minimum absolute atomic E-state index is 0.178. The molecule has 0 radical (unpaired) electrons. The van der Waals surface area contributed by atoms with Crippen molar-refractivity contribution in [3.05, 3.63) is 21.4 Å². The zero-order valence-electron chi connectivity index (χ0n) is 11.3. The lowest BCUT2D eigenvalue weighted by molar-refractivity contribution is -0.143. The molecule has 4 heteroatoms. The average Bonchev–Trinajstić information content (AvgIpc) is 2.95. The monoisotopic (exact) mass is 267 g/mol. The minimum Gasteiger partial charge on any atom is -0.468 e. The van der Waals surface area contributed by atoms with Crippen LogP contribution in [0.25, 0.3) is 0 Å². The number of hydrogen-bond donors (Lipinski definition) is 1. The number of rotatable bonds is 4. The van der Waals surface area contributed by atoms with E-state index in [2.05, 4.69) is 25.2 Å². The van der Waals surface area contributed by atoms with Gasteiger partial charge in [-0.2, -0.15) is 0 Å². The van der Waals surface area contributed by atoms with E-state index in [0.29, 0.717) is 6.04 Å². The van der Waals surface area contributed by atoms with E-state index in [1.807, 2.05) is 0 Å². The molecule has 0 aromatic carbocycles. The average molecular weight is 267 g/mol. The predicted molar refractivity (Wildman–Crippen MR) is 73.9 cm³/mol. The van der Waals surface area contributed by atoms with E-state index in [1.165, 1.54) is 29.7 Å². The van der Waals surface area contributed by atoms with Crippen molar-refractivity contribution >= 4 is 17.3 Å². The molecule has 1 aromatic rings. The molecular weight excluding hydrogens is 246 g/mol. The molecule has 1 atom stereocenters. The molecular formula is C14H21NO2S. The molecule has 1 aromatic heterocycles. The summed E-state index contributed by atoms with van der Waals surface area (Å²) < 4.78 is 4.94. The number of thiophene rings is 1. The van der Waals surface area contributed by atoms with Crippen molar-refractivity contribution in [1.82, 2.24) is 5.32 Å². The summed E-state index contributed by atoms with van der Waals surface area (Å²) in [4.78, 5) is 14.4. The van der Waals surface area contributed by atoms with Crippen LogP contribution in [0.4, 0.5) is 0 Å². The summed E-state index contributed by atoms with van der Waals surface area (Å²) in [6, 6.07) is 2.25. The normalized spacial score (nSPS) is 17.9. The van der Waals surface area contributed by atoms with E-state index in [9.17, 15) is 4.79 Å². The number of carbonyl (C=O) groups excluding carboxylic acids is 1. The maximum Gasteiger partial charge on any atom is 0.327 e. The molecule has 0 saturated heterocycles. The fourth-order valence-electron chi connectivity index (χ4n) is 2.67. The Bertz CT molecular complexity index is 421. The molecule has 3 nitrogen and oxygen atoms in total. The van der Waals surface area contributed by atoms with Crippen LogP contribution in [0.1, 0.15) is 47.0 Å². The van der Waals surface area contributed by atoms with Crippen molar-refractivity contribution in [3.63, 3.8) is 0 Å². The van der Waals surface area contributed by atoms with Gasteiger partial charge in [-0.15, -0.1) is 11.3 Å². The van der Waals surface area contributed by atoms with Crippen LogP contribution in [0.15, 0.2) is 6.07 Å². The number of ether oxygens (including phenoxy) is 1. The Hall–Kier alpha value is -0.870. The molecule has 1 aliphatic rings. The molecule has 0 bridgehead atoms. The standard InChI is InChI=1S/C14H21NO2S/c1-9-8-12(10(2)18-9)13(14(16)17-3)15-11-6-4-5-7-11/h8,11,13,15H,4-7H2,1-3H3. The molecule has 18 heavy (non-hydrogen) atoms. The third-order valence-corrected chi connectivity index (χ3v) is 4.57. The van der Waals surface area contributed by atoms with E-state index >= 15 is 0 Å². The summed E-state index contributed by atoms with van der Waals surface area (Å²) in [5.41, 5.74) is 1.08. The van der Waals surface area contributed by atoms with Gasteiger partial charge in [0.2, 0.25) is 0 Å². The summed E-state index contributed by atoms with van der Waals surface area (Å²) in [6.07, 6.45) is 4.84. The quantitative estimate of drug-likeness (QED) is 0.852. The lowest BCUT2D eigenvalue weighted by Crippen LogP contribution is -2.36. The highest BCUT2D eigenvalue weighted by Crippen LogP contribution is 2.29. The topological polar surface area (TPSA) is 38.3 Å². The maximum absolute atomic E-state index is 12.0. The fourth-order valence-corrected chi connectivity index (χ4v) is 3.63. The van der Waals surface area contributed by atoms with Crippen LogP contribution in [0, 0.1) is 13.8 Å². The number of hydrogen-bond acceptors (Lipinski definition) is 4. The minimum atomic E-state index is -0.303. The first-order chi connectivity index (χ1) is 8.61. The van der Waals surface area contributed by atoms with E-state index in [4.69, 9.17) is 4.74 Å². The molecule has 0 aliphatic heterocycles. The Morgan fingerprint density at radius 2 is 2.11 bits per heavy atom. The third-order valence-electron chi connectivity index (χ3n) is 3.58. The lowest BCUT2D eigenvalue weighted by Gasteiger charge is -2.21. The van der Waals surface area contributed by atoms with Crippen LogP contribution in [0.5, 0.6) is 0 Å². The molecule has 1 fully saturated rings. The highest BCUT2D eigenvalue weighted by atomic mass is 32.1. The summed E-state index contributed by atoms with van der Waals surface area (Å²) in [6.45, 7) is 4.14. The molecule has 1 N–H and O–H groups in total. The van der Waals surface area contributed by atoms with Gasteiger partial charge in [-0.25, -0.2) is 4.79 Å². The second-order valence-electron chi connectivity index (χ2n) is 4.97. The van der Waals surface area contributed by atoms with E-state index in [-0.39, 0.29) is 12.0 Å². The summed E-state index contributed by atoms with van der Waals surface area (Å²) >= 11 is 1.74. The molecule has 1 unspecified atom stereocenters. The van der Waals surface area contributed by atoms with Crippen LogP contribution in [-0.2, 0) is 9.53 Å². The second kappa shape index (κ2) is 5.85. The van der Waals surface area contributed by atoms with Crippen LogP contribution in [0.3, 0.4) is 0 Å². The lowest BCUT2D eigenvalue weighted by atomic mass is 10.1. The van der Waals surface area contributed by atoms with Crippen LogP contribution in [-0.4, -0.2) is 19.1 Å². The zero-order valence-corrected chi connectivity index (χ0v) is 12.1. The van der Waals surface area contributed by atoms with E-state index in [1.54, 1.807) is 11.3 Å². The zero-order chi connectivity index (χ0) is 13.1. The third kappa shape index (κ3) is 2.93. The number of nitrogens with one attached hydrogen (secondary N) is 1. The maximum atomic E-state index is 12.0. The van der Waals surface area contributed by atoms with Crippen molar-refractivity contribution in [2.75, 3.05) is 7.11 Å². The van der Waals surface area contributed by atoms with Crippen molar-refractivity contribution in [2.45, 2.75) is 51.6 Å². The van der Waals surface area contributed by atoms with Crippen LogP contribution >= 0.6 is 11.3 Å². The molecule has 1 aliphatic carbocycles. The van der Waals surface area contributed by atoms with Gasteiger partial charge < -0.3 is 4.74 Å². The molecule has 1 saturated carbocycles. The van der Waals surface area contributed by atoms with Gasteiger partial charge in [0.1, 0.15) is 6.04 Å². The van der Waals surface area contributed by atoms with Gasteiger partial charge in [-0.3, -0.25) is 5.32 Å². The van der Waals surface area contributed by atoms with Gasteiger partial charge >= 0.3 is 5.97 Å². The Morgan fingerprint density at radius 3 is 2.61 bits per heavy atom. The Kier molecular flexibility index (Phi) is 4.40. The van der Waals surface area contributed by atoms with Crippen molar-refractivity contribution in [1.29, 1.82) is 0 Å². The van der Waals surface area contributed by atoms with Crippen molar-refractivity contribution in [2.24, 2.45) is 0 Å². The summed E-state index contributed by atoms with van der Waals surface area (Å²) in [5.74, 6) is -0.178. The molecule has 0 amide bonds. The first-order valence-electron chi connectivity index (χ1n) is 6.52. The van der Waals surface area contributed by atoms with Gasteiger partial charge in [0.05, 0.1) is 7.11 Å². The summed E-state index contributed by atoms with van der Waals surface area (Å²) in [5, 5.41) is 3.47. The van der Waals surface area contributed by atoms with E-state index in [0.717, 1.165) is 18.4 Å². The molecule has 0 spiro atoms. The van der Waals surface area contributed by atoms with Gasteiger partial charge in [-0.05, 0) is 38.3 Å². The molecule has 100 valence electrons. The fraction of sp³-hybridized carbons (Fsp3) is 0.643. The SMILES string of the molecule is COC(=O)C(NC1CCCC1)c1cc(C)sc1C. The van der Waals surface area contributed by atoms with Crippen molar-refractivity contribution in [3.8, 4) is 0 Å². The second-order valence-corrected chi connectivity index (χ2v) is 6.43. The summed E-state index contributed by atoms with van der Waals surface area (Å²) in [7, 11) is 1.46. The van der Waals surface area contributed by atoms with Gasteiger partial charge in [-0.1, -0.05) is 12.8 Å².